The lowest BCUT2D eigenvalue weighted by Crippen LogP contribution is -2.17. The van der Waals surface area contributed by atoms with Crippen LogP contribution in [-0.4, -0.2) is 4.57 Å². The minimum atomic E-state index is 0.542. The number of aromatic nitrogens is 1. The van der Waals surface area contributed by atoms with E-state index < -0.39 is 0 Å². The van der Waals surface area contributed by atoms with E-state index >= 15 is 0 Å². The zero-order chi connectivity index (χ0) is 9.84. The molecule has 2 heteroatoms. The summed E-state index contributed by atoms with van der Waals surface area (Å²) >= 11 is 0. The highest BCUT2D eigenvalue weighted by Crippen LogP contribution is 2.10. The Kier molecular flexibility index (Phi) is 3.07. The summed E-state index contributed by atoms with van der Waals surface area (Å²) in [5, 5.41) is 0. The molecular weight excluding hydrogens is 160 g/mol. The molecule has 0 unspecified atom stereocenters. The highest BCUT2D eigenvalue weighted by molar-refractivity contribution is 5.14. The third-order valence-corrected chi connectivity index (χ3v) is 2.04. The van der Waals surface area contributed by atoms with Crippen LogP contribution in [0.1, 0.15) is 25.3 Å². The van der Waals surface area contributed by atoms with Crippen molar-refractivity contribution in [2.45, 2.75) is 19.8 Å². The second kappa shape index (κ2) is 4.08. The molecule has 0 saturated carbocycles. The van der Waals surface area contributed by atoms with Gasteiger partial charge >= 0.3 is 0 Å². The van der Waals surface area contributed by atoms with Crippen molar-refractivity contribution in [1.29, 1.82) is 0 Å². The predicted octanol–water partition coefficient (Wildman–Crippen LogP) is 2.19. The van der Waals surface area contributed by atoms with E-state index in [4.69, 9.17) is 0 Å². The summed E-state index contributed by atoms with van der Waals surface area (Å²) in [6, 6.07) is 4.21. The van der Waals surface area contributed by atoms with Crippen LogP contribution in [0, 0.1) is 0 Å². The molecule has 13 heavy (non-hydrogen) atoms. The van der Waals surface area contributed by atoms with Crippen LogP contribution in [0.4, 0.5) is 0 Å². The monoisotopic (exact) mass is 176 g/mol. The van der Waals surface area contributed by atoms with Gasteiger partial charge in [0.2, 0.25) is 0 Å². The molecule has 1 heterocycles. The maximum absolute atomic E-state index is 4.18. The summed E-state index contributed by atoms with van der Waals surface area (Å²) < 4.78 is 1.98. The van der Waals surface area contributed by atoms with Crippen LogP contribution < -0.4 is 5.49 Å². The van der Waals surface area contributed by atoms with Crippen molar-refractivity contribution in [2.75, 3.05) is 0 Å². The van der Waals surface area contributed by atoms with E-state index in [0.717, 1.165) is 5.49 Å². The molecule has 1 rings (SSSR count). The minimum absolute atomic E-state index is 0.542. The third-order valence-electron chi connectivity index (χ3n) is 2.04. The number of nitrogens with zero attached hydrogens (tertiary/aromatic N) is 2. The number of hydrogen-bond donors (Lipinski definition) is 0. The molecule has 0 aromatic carbocycles. The fourth-order valence-electron chi connectivity index (χ4n) is 1.15. The van der Waals surface area contributed by atoms with Gasteiger partial charge in [0, 0.05) is 19.4 Å². The van der Waals surface area contributed by atoms with Crippen molar-refractivity contribution in [2.24, 2.45) is 12.0 Å². The fourth-order valence-corrected chi connectivity index (χ4v) is 1.15. The zero-order valence-electron chi connectivity index (χ0n) is 8.49. The van der Waals surface area contributed by atoms with Gasteiger partial charge in [-0.15, -0.1) is 0 Å². The number of aryl methyl sites for hydroxylation is 1. The molecule has 0 amide bonds. The van der Waals surface area contributed by atoms with Crippen LogP contribution in [0.25, 0.3) is 0 Å². The summed E-state index contributed by atoms with van der Waals surface area (Å²) in [7, 11) is 1.98. The van der Waals surface area contributed by atoms with Crippen LogP contribution in [0.3, 0.4) is 0 Å². The molecule has 0 aliphatic carbocycles. The average Bonchev–Trinajstić information content (AvgIpc) is 2.08. The van der Waals surface area contributed by atoms with Crippen LogP contribution in [-0.2, 0) is 7.05 Å². The average molecular weight is 176 g/mol. The Bertz CT molecular complexity index is 359. The SMILES string of the molecule is C=CN=c1cc(C(C)C)ccn1C. The third kappa shape index (κ3) is 2.31. The van der Waals surface area contributed by atoms with Crippen molar-refractivity contribution in [1.82, 2.24) is 4.57 Å². The van der Waals surface area contributed by atoms with Gasteiger partial charge in [-0.3, -0.25) is 0 Å². The topological polar surface area (TPSA) is 17.3 Å². The van der Waals surface area contributed by atoms with Gasteiger partial charge in [0.15, 0.2) is 0 Å². The van der Waals surface area contributed by atoms with Gasteiger partial charge in [0.05, 0.1) is 0 Å². The molecule has 0 atom stereocenters. The Morgan fingerprint density at radius 2 is 2.23 bits per heavy atom. The molecule has 0 radical (unpaired) electrons. The standard InChI is InChI=1S/C11H16N2/c1-5-12-11-8-10(9(2)3)6-7-13(11)4/h5-9H,1H2,2-4H3. The Morgan fingerprint density at radius 1 is 1.54 bits per heavy atom. The first-order valence-corrected chi connectivity index (χ1v) is 4.46. The largest absolute Gasteiger partial charge is 0.336 e. The lowest BCUT2D eigenvalue weighted by atomic mass is 10.1. The van der Waals surface area contributed by atoms with Crippen molar-refractivity contribution in [3.05, 3.63) is 42.2 Å². The lowest BCUT2D eigenvalue weighted by Gasteiger charge is -2.06. The predicted molar refractivity (Wildman–Crippen MR) is 55.3 cm³/mol. The zero-order valence-corrected chi connectivity index (χ0v) is 8.49. The highest BCUT2D eigenvalue weighted by Gasteiger charge is 1.98. The van der Waals surface area contributed by atoms with E-state index in [0.29, 0.717) is 5.92 Å². The number of pyridine rings is 1. The van der Waals surface area contributed by atoms with Crippen molar-refractivity contribution < 1.29 is 0 Å². The highest BCUT2D eigenvalue weighted by atomic mass is 15.0. The summed E-state index contributed by atoms with van der Waals surface area (Å²) in [6.07, 6.45) is 3.59. The van der Waals surface area contributed by atoms with Crippen LogP contribution >= 0.6 is 0 Å². The number of hydrogen-bond acceptors (Lipinski definition) is 1. The van der Waals surface area contributed by atoms with E-state index in [2.05, 4.69) is 37.6 Å². The second-order valence-corrected chi connectivity index (χ2v) is 3.40. The first-order chi connectivity index (χ1) is 6.15. The van der Waals surface area contributed by atoms with Gasteiger partial charge in [0.25, 0.3) is 0 Å². The summed E-state index contributed by atoms with van der Waals surface area (Å²) in [5.74, 6) is 0.542. The second-order valence-electron chi connectivity index (χ2n) is 3.40. The van der Waals surface area contributed by atoms with Crippen LogP contribution in [0.2, 0.25) is 0 Å². The van der Waals surface area contributed by atoms with E-state index in [-0.39, 0.29) is 0 Å². The van der Waals surface area contributed by atoms with Gasteiger partial charge < -0.3 is 4.57 Å². The van der Waals surface area contributed by atoms with Crippen LogP contribution in [0.5, 0.6) is 0 Å². The van der Waals surface area contributed by atoms with E-state index in [1.165, 1.54) is 5.56 Å². The molecule has 1 aromatic heterocycles. The quantitative estimate of drug-likeness (QED) is 0.657. The van der Waals surface area contributed by atoms with Gasteiger partial charge in [-0.25, -0.2) is 4.99 Å². The Morgan fingerprint density at radius 3 is 2.77 bits per heavy atom. The Balaban J connectivity index is 3.27. The van der Waals surface area contributed by atoms with Crippen LogP contribution in [0.15, 0.2) is 36.1 Å². The smallest absolute Gasteiger partial charge is 0.132 e. The molecule has 0 spiro atoms. The summed E-state index contributed by atoms with van der Waals surface area (Å²) in [6.45, 7) is 7.94. The van der Waals surface area contributed by atoms with Gasteiger partial charge in [-0.1, -0.05) is 20.4 Å². The maximum Gasteiger partial charge on any atom is 0.132 e. The summed E-state index contributed by atoms with van der Waals surface area (Å²) in [5.41, 5.74) is 2.25. The molecular formula is C11H16N2. The Hall–Kier alpha value is -1.31. The molecule has 0 aliphatic rings. The number of rotatable bonds is 2. The Labute approximate surface area is 79.3 Å². The van der Waals surface area contributed by atoms with Crippen molar-refractivity contribution in [3.8, 4) is 0 Å². The van der Waals surface area contributed by atoms with E-state index in [9.17, 15) is 0 Å². The first kappa shape index (κ1) is 9.78. The lowest BCUT2D eigenvalue weighted by molar-refractivity contribution is 0.797. The van der Waals surface area contributed by atoms with Crippen molar-refractivity contribution in [3.63, 3.8) is 0 Å². The summed E-state index contributed by atoms with van der Waals surface area (Å²) in [4.78, 5) is 4.18. The first-order valence-electron chi connectivity index (χ1n) is 4.46. The fraction of sp³-hybridized carbons (Fsp3) is 0.364. The molecule has 0 saturated heterocycles. The van der Waals surface area contributed by atoms with Gasteiger partial charge in [-0.05, 0) is 23.6 Å². The van der Waals surface area contributed by atoms with E-state index in [1.807, 2.05) is 17.8 Å². The van der Waals surface area contributed by atoms with Gasteiger partial charge in [0.1, 0.15) is 5.49 Å². The molecule has 2 nitrogen and oxygen atoms in total. The van der Waals surface area contributed by atoms with Crippen molar-refractivity contribution >= 4 is 0 Å². The molecule has 0 aliphatic heterocycles. The van der Waals surface area contributed by atoms with E-state index in [1.54, 1.807) is 6.20 Å². The molecule has 0 N–H and O–H groups in total. The normalized spacial score (nSPS) is 12.2. The molecule has 1 aromatic rings. The van der Waals surface area contributed by atoms with Gasteiger partial charge in [-0.2, -0.15) is 0 Å². The molecule has 0 fully saturated rings. The molecule has 70 valence electrons. The molecule has 0 bridgehead atoms. The minimum Gasteiger partial charge on any atom is -0.336 e. The maximum atomic E-state index is 4.18.